The molecule has 3 aromatic rings. The van der Waals surface area contributed by atoms with Crippen LogP contribution >= 0.6 is 11.3 Å². The predicted molar refractivity (Wildman–Crippen MR) is 85.9 cm³/mol. The Hall–Kier alpha value is -1.95. The van der Waals surface area contributed by atoms with E-state index in [9.17, 15) is 0 Å². The second-order valence-corrected chi connectivity index (χ2v) is 7.12. The molecule has 0 saturated heterocycles. The number of hydrogen-bond donors (Lipinski definition) is 1. The number of hydrogen-bond acceptors (Lipinski definition) is 5. The molecule has 0 aliphatic rings. The lowest BCUT2D eigenvalue weighted by Gasteiger charge is -2.12. The maximum atomic E-state index is 4.60. The van der Waals surface area contributed by atoms with Crippen molar-refractivity contribution in [2.24, 2.45) is 0 Å². The standard InChI is InChI=1S/C15H19N5S/c1-10-6-5-7-12-17-11(9-20(10)12)8-16-14-19-18-13(21-14)15(2,3)4/h5-7,9H,8H2,1-4H3,(H,16,19). The van der Waals surface area contributed by atoms with Crippen LogP contribution in [0, 0.1) is 6.92 Å². The summed E-state index contributed by atoms with van der Waals surface area (Å²) in [7, 11) is 0. The molecule has 0 aliphatic carbocycles. The van der Waals surface area contributed by atoms with Crippen molar-refractivity contribution in [2.75, 3.05) is 5.32 Å². The first-order valence-corrected chi connectivity index (χ1v) is 7.76. The van der Waals surface area contributed by atoms with Crippen molar-refractivity contribution in [2.45, 2.75) is 39.7 Å². The number of imidazole rings is 1. The molecule has 3 aromatic heterocycles. The van der Waals surface area contributed by atoms with Crippen LogP contribution in [0.5, 0.6) is 0 Å². The molecule has 21 heavy (non-hydrogen) atoms. The summed E-state index contributed by atoms with van der Waals surface area (Å²) in [5.41, 5.74) is 3.19. The van der Waals surface area contributed by atoms with E-state index in [1.54, 1.807) is 11.3 Å². The lowest BCUT2D eigenvalue weighted by atomic mass is 9.98. The molecule has 0 amide bonds. The van der Waals surface area contributed by atoms with Gasteiger partial charge in [-0.25, -0.2) is 4.98 Å². The van der Waals surface area contributed by atoms with Gasteiger partial charge in [-0.2, -0.15) is 0 Å². The van der Waals surface area contributed by atoms with Gasteiger partial charge in [0, 0.05) is 17.3 Å². The quantitative estimate of drug-likeness (QED) is 0.805. The summed E-state index contributed by atoms with van der Waals surface area (Å²) in [6, 6.07) is 6.11. The number of rotatable bonds is 3. The van der Waals surface area contributed by atoms with Crippen LogP contribution in [0.15, 0.2) is 24.4 Å². The fourth-order valence-corrected chi connectivity index (χ4v) is 2.84. The summed E-state index contributed by atoms with van der Waals surface area (Å²) in [6.45, 7) is 9.15. The Bertz CT molecular complexity index is 766. The molecule has 5 nitrogen and oxygen atoms in total. The third kappa shape index (κ3) is 2.90. The predicted octanol–water partition coefficient (Wildman–Crippen LogP) is 3.40. The van der Waals surface area contributed by atoms with Crippen LogP contribution in [0.4, 0.5) is 5.13 Å². The number of aromatic nitrogens is 4. The van der Waals surface area contributed by atoms with Gasteiger partial charge in [0.15, 0.2) is 0 Å². The highest BCUT2D eigenvalue weighted by atomic mass is 32.1. The lowest BCUT2D eigenvalue weighted by Crippen LogP contribution is -2.10. The molecule has 110 valence electrons. The minimum Gasteiger partial charge on any atom is -0.354 e. The number of fused-ring (bicyclic) bond motifs is 1. The van der Waals surface area contributed by atoms with Gasteiger partial charge in [-0.3, -0.25) is 0 Å². The Labute approximate surface area is 128 Å². The van der Waals surface area contributed by atoms with Gasteiger partial charge in [0.05, 0.1) is 12.2 Å². The van der Waals surface area contributed by atoms with Gasteiger partial charge in [-0.1, -0.05) is 38.2 Å². The average molecular weight is 301 g/mol. The molecule has 0 aliphatic heterocycles. The van der Waals surface area contributed by atoms with Crippen LogP contribution in [0.25, 0.3) is 5.65 Å². The fraction of sp³-hybridized carbons (Fsp3) is 0.400. The minimum absolute atomic E-state index is 0.0395. The second-order valence-electron chi connectivity index (χ2n) is 6.14. The molecular weight excluding hydrogens is 282 g/mol. The maximum absolute atomic E-state index is 4.60. The van der Waals surface area contributed by atoms with Crippen molar-refractivity contribution in [3.05, 3.63) is 40.8 Å². The summed E-state index contributed by atoms with van der Waals surface area (Å²) in [4.78, 5) is 4.60. The third-order valence-electron chi connectivity index (χ3n) is 3.23. The van der Waals surface area contributed by atoms with Crippen LogP contribution in [-0.4, -0.2) is 19.6 Å². The van der Waals surface area contributed by atoms with E-state index < -0.39 is 0 Å². The minimum atomic E-state index is 0.0395. The molecule has 0 aromatic carbocycles. The molecule has 0 saturated carbocycles. The van der Waals surface area contributed by atoms with Gasteiger partial charge in [-0.05, 0) is 19.1 Å². The molecule has 3 heterocycles. The summed E-state index contributed by atoms with van der Waals surface area (Å²) in [5.74, 6) is 0. The van der Waals surface area contributed by atoms with Gasteiger partial charge in [0.2, 0.25) is 5.13 Å². The van der Waals surface area contributed by atoms with Crippen LogP contribution in [0.2, 0.25) is 0 Å². The number of aryl methyl sites for hydroxylation is 1. The zero-order valence-electron chi connectivity index (χ0n) is 12.7. The van der Waals surface area contributed by atoms with E-state index in [1.807, 2.05) is 12.1 Å². The number of nitrogens with one attached hydrogen (secondary N) is 1. The molecule has 0 fully saturated rings. The molecular formula is C15H19N5S. The largest absolute Gasteiger partial charge is 0.354 e. The SMILES string of the molecule is Cc1cccc2nc(CNc3nnc(C(C)(C)C)s3)cn12. The zero-order valence-corrected chi connectivity index (χ0v) is 13.5. The smallest absolute Gasteiger partial charge is 0.206 e. The zero-order chi connectivity index (χ0) is 15.0. The monoisotopic (exact) mass is 301 g/mol. The number of pyridine rings is 1. The molecule has 0 radical (unpaired) electrons. The highest BCUT2D eigenvalue weighted by molar-refractivity contribution is 7.15. The van der Waals surface area contributed by atoms with Crippen molar-refractivity contribution >= 4 is 22.1 Å². The highest BCUT2D eigenvalue weighted by Crippen LogP contribution is 2.27. The topological polar surface area (TPSA) is 55.1 Å². The first-order chi connectivity index (χ1) is 9.93. The lowest BCUT2D eigenvalue weighted by molar-refractivity contribution is 0.578. The molecule has 0 bridgehead atoms. The van der Waals surface area contributed by atoms with Crippen molar-refractivity contribution in [3.63, 3.8) is 0 Å². The van der Waals surface area contributed by atoms with E-state index in [1.165, 1.54) is 5.69 Å². The van der Waals surface area contributed by atoms with Gasteiger partial charge < -0.3 is 9.72 Å². The van der Waals surface area contributed by atoms with E-state index >= 15 is 0 Å². The van der Waals surface area contributed by atoms with Gasteiger partial charge in [-0.15, -0.1) is 10.2 Å². The summed E-state index contributed by atoms with van der Waals surface area (Å²) in [5, 5.41) is 13.6. The Balaban J connectivity index is 1.74. The summed E-state index contributed by atoms with van der Waals surface area (Å²) >= 11 is 1.60. The second kappa shape index (κ2) is 5.11. The maximum Gasteiger partial charge on any atom is 0.206 e. The summed E-state index contributed by atoms with van der Waals surface area (Å²) in [6.07, 6.45) is 2.06. The Morgan fingerprint density at radius 3 is 2.71 bits per heavy atom. The van der Waals surface area contributed by atoms with E-state index in [0.29, 0.717) is 6.54 Å². The van der Waals surface area contributed by atoms with E-state index in [2.05, 4.69) is 64.9 Å². The normalized spacial score (nSPS) is 12.0. The molecule has 0 spiro atoms. The summed E-state index contributed by atoms with van der Waals surface area (Å²) < 4.78 is 2.09. The van der Waals surface area contributed by atoms with E-state index in [-0.39, 0.29) is 5.41 Å². The first kappa shape index (κ1) is 14.0. The Morgan fingerprint density at radius 2 is 2.05 bits per heavy atom. The van der Waals surface area contributed by atoms with Crippen LogP contribution in [0.3, 0.4) is 0 Å². The molecule has 3 rings (SSSR count). The number of nitrogens with zero attached hydrogens (tertiary/aromatic N) is 4. The van der Waals surface area contributed by atoms with E-state index in [0.717, 1.165) is 21.5 Å². The highest BCUT2D eigenvalue weighted by Gasteiger charge is 2.19. The van der Waals surface area contributed by atoms with Gasteiger partial charge >= 0.3 is 0 Å². The van der Waals surface area contributed by atoms with Gasteiger partial charge in [0.25, 0.3) is 0 Å². The van der Waals surface area contributed by atoms with Crippen molar-refractivity contribution < 1.29 is 0 Å². The van der Waals surface area contributed by atoms with Crippen LogP contribution in [0.1, 0.15) is 37.2 Å². The van der Waals surface area contributed by atoms with Crippen molar-refractivity contribution in [3.8, 4) is 0 Å². The fourth-order valence-electron chi connectivity index (χ4n) is 2.05. The van der Waals surface area contributed by atoms with Crippen molar-refractivity contribution in [1.29, 1.82) is 0 Å². The number of anilines is 1. The first-order valence-electron chi connectivity index (χ1n) is 6.95. The average Bonchev–Trinajstić information content (AvgIpc) is 3.02. The molecule has 1 N–H and O–H groups in total. The van der Waals surface area contributed by atoms with Crippen LogP contribution < -0.4 is 5.32 Å². The van der Waals surface area contributed by atoms with Crippen molar-refractivity contribution in [1.82, 2.24) is 19.6 Å². The van der Waals surface area contributed by atoms with E-state index in [4.69, 9.17) is 0 Å². The molecule has 0 atom stereocenters. The molecule has 0 unspecified atom stereocenters. The Morgan fingerprint density at radius 1 is 1.24 bits per heavy atom. The third-order valence-corrected chi connectivity index (χ3v) is 4.54. The Kier molecular flexibility index (Phi) is 3.41. The van der Waals surface area contributed by atoms with Crippen LogP contribution in [-0.2, 0) is 12.0 Å². The molecule has 6 heteroatoms. The van der Waals surface area contributed by atoms with Gasteiger partial charge in [0.1, 0.15) is 10.7 Å².